The van der Waals surface area contributed by atoms with Gasteiger partial charge in [0.05, 0.1) is 38.2 Å². The zero-order valence-electron chi connectivity index (χ0n) is 20.0. The predicted octanol–water partition coefficient (Wildman–Crippen LogP) is 2.81. The number of halogens is 1. The van der Waals surface area contributed by atoms with Gasteiger partial charge < -0.3 is 24.0 Å². The van der Waals surface area contributed by atoms with Crippen LogP contribution >= 0.6 is 22.6 Å². The predicted molar refractivity (Wildman–Crippen MR) is 148 cm³/mol. The van der Waals surface area contributed by atoms with Gasteiger partial charge in [-0.3, -0.25) is 0 Å². The van der Waals surface area contributed by atoms with Crippen LogP contribution in [-0.4, -0.2) is 79.7 Å². The van der Waals surface area contributed by atoms with Crippen molar-refractivity contribution in [2.75, 3.05) is 67.8 Å². The Kier molecular flexibility index (Phi) is 8.38. The van der Waals surface area contributed by atoms with Gasteiger partial charge in [-0.25, -0.2) is 10.2 Å². The average Bonchev–Trinajstić information content (AvgIpc) is 2.95. The molecule has 192 valence electrons. The topological polar surface area (TPSA) is 114 Å². The number of hydrogen-bond donors (Lipinski definition) is 1. The van der Waals surface area contributed by atoms with Crippen molar-refractivity contribution in [2.45, 2.75) is 0 Å². The third kappa shape index (κ3) is 6.90. The molecule has 0 spiro atoms. The normalized spacial score (nSPS) is 16.1. The summed E-state index contributed by atoms with van der Waals surface area (Å²) in [5, 5.41) is 4.31. The van der Waals surface area contributed by atoms with Crippen LogP contribution in [0.3, 0.4) is 0 Å². The molecular formula is C25H26IN7O4. The average molecular weight is 615 g/mol. The number of carbonyl (C=O) groups excluding carboxylic acids is 1. The van der Waals surface area contributed by atoms with E-state index < -0.39 is 5.97 Å². The van der Waals surface area contributed by atoms with Crippen LogP contribution in [0, 0.1) is 3.57 Å². The first-order valence-corrected chi connectivity index (χ1v) is 13.0. The summed E-state index contributed by atoms with van der Waals surface area (Å²) >= 11 is 2.16. The van der Waals surface area contributed by atoms with Crippen LogP contribution < -0.4 is 20.0 Å². The highest BCUT2D eigenvalue weighted by atomic mass is 127. The monoisotopic (exact) mass is 615 g/mol. The lowest BCUT2D eigenvalue weighted by atomic mass is 10.2. The number of benzene rings is 2. The van der Waals surface area contributed by atoms with Crippen molar-refractivity contribution in [3.63, 3.8) is 0 Å². The SMILES string of the molecule is O=C(Oc1ccc(/C=N\Nc2nc(N3CCOCC3)nc(N3CCOCC3)n2)cc1)c1cccc(I)c1. The fourth-order valence-electron chi connectivity index (χ4n) is 3.78. The van der Waals surface area contributed by atoms with Crippen LogP contribution in [0.25, 0.3) is 0 Å². The second-order valence-corrected chi connectivity index (χ2v) is 9.54. The summed E-state index contributed by atoms with van der Waals surface area (Å²) in [4.78, 5) is 30.4. The fourth-order valence-corrected chi connectivity index (χ4v) is 4.32. The number of nitrogens with zero attached hydrogens (tertiary/aromatic N) is 6. The Bertz CT molecular complexity index is 1210. The number of nitrogens with one attached hydrogen (secondary N) is 1. The first-order valence-electron chi connectivity index (χ1n) is 11.9. The zero-order valence-corrected chi connectivity index (χ0v) is 22.2. The Labute approximate surface area is 228 Å². The van der Waals surface area contributed by atoms with Crippen LogP contribution in [0.15, 0.2) is 53.6 Å². The lowest BCUT2D eigenvalue weighted by molar-refractivity contribution is 0.0734. The maximum absolute atomic E-state index is 12.4. The van der Waals surface area contributed by atoms with E-state index in [9.17, 15) is 4.79 Å². The molecule has 2 fully saturated rings. The van der Waals surface area contributed by atoms with Crippen LogP contribution in [0.4, 0.5) is 17.8 Å². The number of carbonyl (C=O) groups is 1. The standard InChI is InChI=1S/C25H26IN7O4/c26-20-3-1-2-19(16-20)22(34)37-21-6-4-18(5-7-21)17-27-31-23-28-24(32-8-12-35-13-9-32)30-25(29-23)33-10-14-36-15-11-33/h1-7,16-17H,8-15H2,(H,28,29,30,31)/b27-17-. The number of hydrazone groups is 1. The van der Waals surface area contributed by atoms with Crippen molar-refractivity contribution in [3.05, 3.63) is 63.2 Å². The van der Waals surface area contributed by atoms with Crippen LogP contribution in [-0.2, 0) is 9.47 Å². The summed E-state index contributed by atoms with van der Waals surface area (Å²) in [7, 11) is 0. The van der Waals surface area contributed by atoms with Crippen LogP contribution in [0.5, 0.6) is 5.75 Å². The minimum Gasteiger partial charge on any atom is -0.423 e. The van der Waals surface area contributed by atoms with Crippen molar-refractivity contribution in [1.82, 2.24) is 15.0 Å². The van der Waals surface area contributed by atoms with Crippen molar-refractivity contribution in [2.24, 2.45) is 5.10 Å². The van der Waals surface area contributed by atoms with Gasteiger partial charge in [0.25, 0.3) is 0 Å². The lowest BCUT2D eigenvalue weighted by Crippen LogP contribution is -2.40. The van der Waals surface area contributed by atoms with Gasteiger partial charge in [0.1, 0.15) is 5.75 Å². The molecule has 1 aromatic heterocycles. The summed E-state index contributed by atoms with van der Waals surface area (Å²) in [5.74, 6) is 1.60. The van der Waals surface area contributed by atoms with E-state index in [1.165, 1.54) is 0 Å². The molecule has 0 aliphatic carbocycles. The van der Waals surface area contributed by atoms with E-state index in [-0.39, 0.29) is 0 Å². The molecule has 1 N–H and O–H groups in total. The van der Waals surface area contributed by atoms with E-state index >= 15 is 0 Å². The summed E-state index contributed by atoms with van der Waals surface area (Å²) < 4.78 is 17.4. The highest BCUT2D eigenvalue weighted by Crippen LogP contribution is 2.19. The maximum Gasteiger partial charge on any atom is 0.343 e. The van der Waals surface area contributed by atoms with Crippen LogP contribution in [0.1, 0.15) is 15.9 Å². The molecule has 0 amide bonds. The summed E-state index contributed by atoms with van der Waals surface area (Å²) in [6.07, 6.45) is 1.65. The minimum absolute atomic E-state index is 0.359. The van der Waals surface area contributed by atoms with Gasteiger partial charge >= 0.3 is 5.97 Å². The third-order valence-electron chi connectivity index (χ3n) is 5.73. The molecule has 0 unspecified atom stereocenters. The molecule has 0 bridgehead atoms. The Hall–Kier alpha value is -3.36. The molecule has 3 heterocycles. The molecule has 0 saturated carbocycles. The fraction of sp³-hybridized carbons (Fsp3) is 0.320. The molecule has 0 atom stereocenters. The van der Waals surface area contributed by atoms with E-state index in [4.69, 9.17) is 19.2 Å². The minimum atomic E-state index is -0.399. The summed E-state index contributed by atoms with van der Waals surface area (Å²) in [6, 6.07) is 14.3. The van der Waals surface area contributed by atoms with Gasteiger partial charge in [-0.2, -0.15) is 20.1 Å². The summed E-state index contributed by atoms with van der Waals surface area (Å²) in [6.45, 7) is 5.41. The quantitative estimate of drug-likeness (QED) is 0.140. The van der Waals surface area contributed by atoms with E-state index in [1.54, 1.807) is 30.5 Å². The van der Waals surface area contributed by atoms with E-state index in [0.717, 1.165) is 35.3 Å². The molecule has 12 heteroatoms. The second-order valence-electron chi connectivity index (χ2n) is 8.30. The molecule has 5 rings (SSSR count). The van der Waals surface area contributed by atoms with Gasteiger partial charge in [0.15, 0.2) is 0 Å². The Morgan fingerprint density at radius 1 is 0.919 bits per heavy atom. The van der Waals surface area contributed by atoms with Crippen molar-refractivity contribution < 1.29 is 19.0 Å². The third-order valence-corrected chi connectivity index (χ3v) is 6.40. The number of ether oxygens (including phenoxy) is 3. The van der Waals surface area contributed by atoms with Crippen molar-refractivity contribution in [3.8, 4) is 5.75 Å². The van der Waals surface area contributed by atoms with E-state index in [2.05, 4.69) is 52.9 Å². The van der Waals surface area contributed by atoms with Crippen molar-refractivity contribution in [1.29, 1.82) is 0 Å². The first kappa shape index (κ1) is 25.3. The number of esters is 1. The molecule has 37 heavy (non-hydrogen) atoms. The van der Waals surface area contributed by atoms with Crippen molar-refractivity contribution >= 4 is 52.6 Å². The Morgan fingerprint density at radius 2 is 1.54 bits per heavy atom. The molecule has 2 aliphatic heterocycles. The molecule has 2 saturated heterocycles. The zero-order chi connectivity index (χ0) is 25.5. The number of aromatic nitrogens is 3. The molecule has 2 aliphatic rings. The van der Waals surface area contributed by atoms with Gasteiger partial charge in [-0.1, -0.05) is 6.07 Å². The molecule has 11 nitrogen and oxygen atoms in total. The first-order chi connectivity index (χ1) is 18.1. The lowest BCUT2D eigenvalue weighted by Gasteiger charge is -2.30. The Balaban J connectivity index is 1.25. The molecule has 2 aromatic carbocycles. The van der Waals surface area contributed by atoms with E-state index in [1.807, 2.05) is 24.3 Å². The number of anilines is 3. The van der Waals surface area contributed by atoms with Crippen LogP contribution in [0.2, 0.25) is 0 Å². The molecular weight excluding hydrogens is 589 g/mol. The van der Waals surface area contributed by atoms with Gasteiger partial charge in [0, 0.05) is 29.7 Å². The number of morpholine rings is 2. The number of rotatable bonds is 7. The number of hydrogen-bond acceptors (Lipinski definition) is 11. The highest BCUT2D eigenvalue weighted by molar-refractivity contribution is 14.1. The Morgan fingerprint density at radius 3 is 2.14 bits per heavy atom. The molecule has 3 aromatic rings. The van der Waals surface area contributed by atoms with Gasteiger partial charge in [-0.15, -0.1) is 0 Å². The largest absolute Gasteiger partial charge is 0.423 e. The summed E-state index contributed by atoms with van der Waals surface area (Å²) in [5.41, 5.74) is 4.25. The smallest absolute Gasteiger partial charge is 0.343 e. The van der Waals surface area contributed by atoms with Gasteiger partial charge in [-0.05, 0) is 70.6 Å². The second kappa shape index (κ2) is 12.3. The van der Waals surface area contributed by atoms with Gasteiger partial charge in [0.2, 0.25) is 17.8 Å². The maximum atomic E-state index is 12.4. The molecule has 0 radical (unpaired) electrons. The highest BCUT2D eigenvalue weighted by Gasteiger charge is 2.20. The van der Waals surface area contributed by atoms with E-state index in [0.29, 0.717) is 55.6 Å².